The van der Waals surface area contributed by atoms with Gasteiger partial charge in [0, 0.05) is 57.9 Å². The molecule has 4 amide bonds. The van der Waals surface area contributed by atoms with E-state index < -0.39 is 6.04 Å². The third kappa shape index (κ3) is 8.76. The molecule has 1 atom stereocenters. The van der Waals surface area contributed by atoms with Crippen LogP contribution in [0.2, 0.25) is 0 Å². The van der Waals surface area contributed by atoms with E-state index in [1.54, 1.807) is 39.2 Å². The van der Waals surface area contributed by atoms with E-state index in [-0.39, 0.29) is 36.6 Å². The zero-order valence-electron chi connectivity index (χ0n) is 26.0. The van der Waals surface area contributed by atoms with Gasteiger partial charge in [-0.15, -0.1) is 0 Å². The zero-order chi connectivity index (χ0) is 31.6. The third-order valence-corrected chi connectivity index (χ3v) is 8.33. The third-order valence-electron chi connectivity index (χ3n) is 8.33. The van der Waals surface area contributed by atoms with Crippen LogP contribution >= 0.6 is 0 Å². The predicted molar refractivity (Wildman–Crippen MR) is 174 cm³/mol. The van der Waals surface area contributed by atoms with Crippen molar-refractivity contribution in [1.82, 2.24) is 25.6 Å². The van der Waals surface area contributed by atoms with Crippen molar-refractivity contribution in [3.8, 4) is 5.75 Å². The number of aromatic hydroxyl groups is 1. The van der Waals surface area contributed by atoms with Crippen LogP contribution in [-0.4, -0.2) is 83.2 Å². The van der Waals surface area contributed by atoms with Crippen molar-refractivity contribution in [3.05, 3.63) is 95.6 Å². The van der Waals surface area contributed by atoms with E-state index >= 15 is 0 Å². The fourth-order valence-corrected chi connectivity index (χ4v) is 5.98. The standard InChI is InChI=1S/C35H44N6O4/c1-2-17-41(35(45)36-24-28-9-4-3-5-10-28)40-21-20-39(25-29-11-8-12-30(22-29)38-18-6-7-19-38)34(44)32(37-33(43)26-40)23-27-13-15-31(42)16-14-27/h3-5,8-16,22,32,42H,2,6-7,17-21,23-26H2,1H3,(H,36,45)(H,37,43)/t32-/m0/s1. The summed E-state index contributed by atoms with van der Waals surface area (Å²) in [4.78, 5) is 45.2. The normalized spacial score (nSPS) is 17.8. The molecule has 0 unspecified atom stereocenters. The molecule has 10 heteroatoms. The van der Waals surface area contributed by atoms with Gasteiger partial charge in [0.1, 0.15) is 11.8 Å². The summed E-state index contributed by atoms with van der Waals surface area (Å²) in [5, 5.41) is 19.1. The van der Waals surface area contributed by atoms with Crippen molar-refractivity contribution in [2.45, 2.75) is 51.7 Å². The molecule has 3 aromatic rings. The number of nitrogens with zero attached hydrogens (tertiary/aromatic N) is 4. The van der Waals surface area contributed by atoms with Crippen molar-refractivity contribution in [3.63, 3.8) is 0 Å². The molecule has 0 spiro atoms. The molecule has 45 heavy (non-hydrogen) atoms. The maximum absolute atomic E-state index is 14.1. The first-order chi connectivity index (χ1) is 21.9. The van der Waals surface area contributed by atoms with Crippen LogP contribution in [0.5, 0.6) is 5.75 Å². The maximum Gasteiger partial charge on any atom is 0.332 e. The smallest absolute Gasteiger partial charge is 0.332 e. The minimum Gasteiger partial charge on any atom is -0.508 e. The van der Waals surface area contributed by atoms with Gasteiger partial charge >= 0.3 is 6.03 Å². The lowest BCUT2D eigenvalue weighted by Gasteiger charge is -2.35. The molecule has 5 rings (SSSR count). The molecule has 2 aliphatic rings. The molecule has 0 saturated carbocycles. The number of carbonyl (C=O) groups excluding carboxylic acids is 3. The minimum absolute atomic E-state index is 0.0591. The Labute approximate surface area is 265 Å². The number of hydrogen-bond donors (Lipinski definition) is 3. The highest BCUT2D eigenvalue weighted by Crippen LogP contribution is 2.23. The molecule has 2 fully saturated rings. The topological polar surface area (TPSA) is 108 Å². The van der Waals surface area contributed by atoms with Crippen LogP contribution in [0.25, 0.3) is 0 Å². The van der Waals surface area contributed by atoms with Crippen LogP contribution in [0.1, 0.15) is 42.9 Å². The Hall–Kier alpha value is -4.57. The van der Waals surface area contributed by atoms with E-state index in [0.29, 0.717) is 39.1 Å². The monoisotopic (exact) mass is 612 g/mol. The van der Waals surface area contributed by atoms with E-state index in [1.807, 2.05) is 49.4 Å². The highest BCUT2D eigenvalue weighted by Gasteiger charge is 2.32. The summed E-state index contributed by atoms with van der Waals surface area (Å²) in [6.45, 7) is 5.81. The van der Waals surface area contributed by atoms with E-state index in [4.69, 9.17) is 0 Å². The molecule has 10 nitrogen and oxygen atoms in total. The number of amides is 4. The van der Waals surface area contributed by atoms with Gasteiger partial charge in [0.05, 0.1) is 6.54 Å². The second-order valence-electron chi connectivity index (χ2n) is 11.8. The van der Waals surface area contributed by atoms with Crippen LogP contribution < -0.4 is 15.5 Å². The maximum atomic E-state index is 14.1. The largest absolute Gasteiger partial charge is 0.508 e. The minimum atomic E-state index is -0.796. The second-order valence-corrected chi connectivity index (χ2v) is 11.8. The molecule has 0 bridgehead atoms. The van der Waals surface area contributed by atoms with Gasteiger partial charge in [-0.2, -0.15) is 0 Å². The molecule has 0 radical (unpaired) electrons. The van der Waals surface area contributed by atoms with Crippen LogP contribution in [-0.2, 0) is 29.1 Å². The lowest BCUT2D eigenvalue weighted by molar-refractivity contribution is -0.136. The van der Waals surface area contributed by atoms with Crippen LogP contribution in [0.15, 0.2) is 78.9 Å². The SMILES string of the molecule is CCCN(C(=O)NCc1ccccc1)N1CCN(Cc2cccc(N3CCCC3)c2)C(=O)[C@H](Cc2ccc(O)cc2)NC(=O)C1. The summed E-state index contributed by atoms with van der Waals surface area (Å²) in [7, 11) is 0. The van der Waals surface area contributed by atoms with Crippen molar-refractivity contribution in [2.75, 3.05) is 44.2 Å². The van der Waals surface area contributed by atoms with Crippen molar-refractivity contribution >= 4 is 23.5 Å². The molecule has 238 valence electrons. The van der Waals surface area contributed by atoms with Crippen molar-refractivity contribution in [1.29, 1.82) is 0 Å². The van der Waals surface area contributed by atoms with E-state index in [1.165, 1.54) is 12.8 Å². The number of rotatable bonds is 10. The Morgan fingerprint density at radius 2 is 1.64 bits per heavy atom. The van der Waals surface area contributed by atoms with Gasteiger partial charge < -0.3 is 25.5 Å². The summed E-state index contributed by atoms with van der Waals surface area (Å²) < 4.78 is 0. The second kappa shape index (κ2) is 15.4. The average molecular weight is 613 g/mol. The number of phenols is 1. The number of nitrogens with one attached hydrogen (secondary N) is 2. The number of urea groups is 1. The van der Waals surface area contributed by atoms with Gasteiger partial charge in [-0.05, 0) is 60.2 Å². The summed E-state index contributed by atoms with van der Waals surface area (Å²) in [5.74, 6) is -0.373. The number of phenolic OH excluding ortho intramolecular Hbond substituents is 1. The van der Waals surface area contributed by atoms with Gasteiger partial charge in [-0.25, -0.2) is 9.80 Å². The van der Waals surface area contributed by atoms with E-state index in [0.717, 1.165) is 35.5 Å². The molecule has 3 aromatic carbocycles. The first-order valence-electron chi connectivity index (χ1n) is 15.9. The summed E-state index contributed by atoms with van der Waals surface area (Å²) in [5.41, 5.74) is 3.97. The quantitative estimate of drug-likeness (QED) is 0.321. The van der Waals surface area contributed by atoms with Crippen LogP contribution in [0.3, 0.4) is 0 Å². The fraction of sp³-hybridized carbons (Fsp3) is 0.400. The summed E-state index contributed by atoms with van der Waals surface area (Å²) in [6, 6.07) is 23.6. The molecule has 2 aliphatic heterocycles. The molecule has 0 aliphatic carbocycles. The molecule has 2 saturated heterocycles. The molecular weight excluding hydrogens is 568 g/mol. The highest BCUT2D eigenvalue weighted by molar-refractivity contribution is 5.89. The van der Waals surface area contributed by atoms with Crippen molar-refractivity contribution < 1.29 is 19.5 Å². The molecule has 2 heterocycles. The fourth-order valence-electron chi connectivity index (χ4n) is 5.98. The number of benzene rings is 3. The Morgan fingerprint density at radius 3 is 2.38 bits per heavy atom. The zero-order valence-corrected chi connectivity index (χ0v) is 26.0. The van der Waals surface area contributed by atoms with Crippen LogP contribution in [0.4, 0.5) is 10.5 Å². The summed E-state index contributed by atoms with van der Waals surface area (Å²) in [6.07, 6.45) is 3.34. The first-order valence-corrected chi connectivity index (χ1v) is 15.9. The summed E-state index contributed by atoms with van der Waals surface area (Å²) >= 11 is 0. The Morgan fingerprint density at radius 1 is 0.911 bits per heavy atom. The van der Waals surface area contributed by atoms with Crippen LogP contribution in [0, 0.1) is 0 Å². The van der Waals surface area contributed by atoms with Gasteiger partial charge in [0.2, 0.25) is 11.8 Å². The molecule has 0 aromatic heterocycles. The Kier molecular flexibility index (Phi) is 10.9. The Balaban J connectivity index is 1.38. The number of hydrogen-bond acceptors (Lipinski definition) is 6. The number of hydrazine groups is 1. The molecule has 3 N–H and O–H groups in total. The lowest BCUT2D eigenvalue weighted by Crippen LogP contribution is -2.55. The number of carbonyl (C=O) groups is 3. The average Bonchev–Trinajstić information content (AvgIpc) is 3.61. The highest BCUT2D eigenvalue weighted by atomic mass is 16.3. The van der Waals surface area contributed by atoms with E-state index in [2.05, 4.69) is 27.7 Å². The predicted octanol–water partition coefficient (Wildman–Crippen LogP) is 3.90. The Bertz CT molecular complexity index is 1430. The lowest BCUT2D eigenvalue weighted by atomic mass is 10.0. The van der Waals surface area contributed by atoms with Gasteiger partial charge in [0.15, 0.2) is 0 Å². The van der Waals surface area contributed by atoms with Gasteiger partial charge in [0.25, 0.3) is 0 Å². The van der Waals surface area contributed by atoms with Gasteiger partial charge in [-0.3, -0.25) is 14.6 Å². The van der Waals surface area contributed by atoms with Gasteiger partial charge in [-0.1, -0.05) is 61.5 Å². The molecular formula is C35H44N6O4. The first kappa shape index (κ1) is 31.8. The van der Waals surface area contributed by atoms with E-state index in [9.17, 15) is 19.5 Å². The van der Waals surface area contributed by atoms with Crippen molar-refractivity contribution in [2.24, 2.45) is 0 Å². The number of anilines is 1.